The third kappa shape index (κ3) is 7.37. The van der Waals surface area contributed by atoms with Gasteiger partial charge in [-0.05, 0) is 44.4 Å². The van der Waals surface area contributed by atoms with Crippen molar-refractivity contribution in [1.82, 2.24) is 10.6 Å². The van der Waals surface area contributed by atoms with Crippen LogP contribution in [-0.4, -0.2) is 24.5 Å². The number of rotatable bonds is 6. The molecule has 0 radical (unpaired) electrons. The highest BCUT2D eigenvalue weighted by Crippen LogP contribution is 2.28. The van der Waals surface area contributed by atoms with E-state index < -0.39 is 0 Å². The van der Waals surface area contributed by atoms with E-state index in [0.717, 1.165) is 18.9 Å². The largest absolute Gasteiger partial charge is 0.355 e. The van der Waals surface area contributed by atoms with Crippen LogP contribution in [0.1, 0.15) is 53.9 Å². The molecule has 1 amide bonds. The highest BCUT2D eigenvalue weighted by molar-refractivity contribution is 5.78. The standard InChI is InChI=1S/C14H28N2O/c1-13(2,3)10-14(4,5)16-9-12(17)15-8-11-6-7-11/h11,16H,6-10H2,1-5H3,(H,15,17). The molecule has 0 aromatic rings. The summed E-state index contributed by atoms with van der Waals surface area (Å²) in [7, 11) is 0. The van der Waals surface area contributed by atoms with Gasteiger partial charge in [-0.25, -0.2) is 0 Å². The van der Waals surface area contributed by atoms with Crippen LogP contribution >= 0.6 is 0 Å². The topological polar surface area (TPSA) is 41.1 Å². The van der Waals surface area contributed by atoms with Gasteiger partial charge >= 0.3 is 0 Å². The Morgan fingerprint density at radius 1 is 1.18 bits per heavy atom. The van der Waals surface area contributed by atoms with Crippen molar-refractivity contribution in [3.63, 3.8) is 0 Å². The molecule has 0 aromatic heterocycles. The predicted octanol–water partition coefficient (Wildman–Crippen LogP) is 2.32. The quantitative estimate of drug-likeness (QED) is 0.748. The molecule has 0 saturated heterocycles. The normalized spacial score (nSPS) is 17.0. The number of carbonyl (C=O) groups excluding carboxylic acids is 1. The van der Waals surface area contributed by atoms with Gasteiger partial charge in [-0.2, -0.15) is 0 Å². The first-order chi connectivity index (χ1) is 7.68. The summed E-state index contributed by atoms with van der Waals surface area (Å²) in [4.78, 5) is 11.6. The Kier molecular flexibility index (Phi) is 4.59. The maximum Gasteiger partial charge on any atom is 0.233 e. The van der Waals surface area contributed by atoms with Crippen molar-refractivity contribution in [2.24, 2.45) is 11.3 Å². The van der Waals surface area contributed by atoms with Crippen LogP contribution in [0, 0.1) is 11.3 Å². The zero-order chi connectivity index (χ0) is 13.1. The van der Waals surface area contributed by atoms with E-state index >= 15 is 0 Å². The molecule has 0 bridgehead atoms. The number of amides is 1. The molecule has 1 fully saturated rings. The highest BCUT2D eigenvalue weighted by Gasteiger charge is 2.26. The Morgan fingerprint density at radius 3 is 2.24 bits per heavy atom. The van der Waals surface area contributed by atoms with E-state index in [9.17, 15) is 4.79 Å². The van der Waals surface area contributed by atoms with Crippen molar-refractivity contribution in [2.75, 3.05) is 13.1 Å². The second kappa shape index (κ2) is 5.38. The monoisotopic (exact) mass is 240 g/mol. The fourth-order valence-corrected chi connectivity index (χ4v) is 2.35. The molecule has 0 heterocycles. The SMILES string of the molecule is CC(C)(C)CC(C)(C)NCC(=O)NCC1CC1. The molecule has 0 aromatic carbocycles. The van der Waals surface area contributed by atoms with E-state index in [0.29, 0.717) is 6.54 Å². The molecule has 1 aliphatic rings. The number of hydrogen-bond donors (Lipinski definition) is 2. The molecule has 2 N–H and O–H groups in total. The molecule has 3 nitrogen and oxygen atoms in total. The lowest BCUT2D eigenvalue weighted by atomic mass is 9.82. The van der Waals surface area contributed by atoms with Crippen LogP contribution in [-0.2, 0) is 4.79 Å². The Hall–Kier alpha value is -0.570. The zero-order valence-corrected chi connectivity index (χ0v) is 12.0. The zero-order valence-electron chi connectivity index (χ0n) is 12.0. The van der Waals surface area contributed by atoms with Gasteiger partial charge in [0.25, 0.3) is 0 Å². The summed E-state index contributed by atoms with van der Waals surface area (Å²) in [6, 6.07) is 0. The fraction of sp³-hybridized carbons (Fsp3) is 0.929. The van der Waals surface area contributed by atoms with Crippen molar-refractivity contribution >= 4 is 5.91 Å². The molecule has 100 valence electrons. The summed E-state index contributed by atoms with van der Waals surface area (Å²) in [6.07, 6.45) is 3.61. The lowest BCUT2D eigenvalue weighted by molar-refractivity contribution is -0.120. The van der Waals surface area contributed by atoms with Gasteiger partial charge in [0.1, 0.15) is 0 Å². The second-order valence-corrected chi connectivity index (χ2v) is 7.22. The van der Waals surface area contributed by atoms with Crippen LogP contribution in [0.3, 0.4) is 0 Å². The van der Waals surface area contributed by atoms with Gasteiger partial charge in [-0.15, -0.1) is 0 Å². The van der Waals surface area contributed by atoms with Gasteiger partial charge in [0.15, 0.2) is 0 Å². The number of carbonyl (C=O) groups is 1. The second-order valence-electron chi connectivity index (χ2n) is 7.22. The first-order valence-corrected chi connectivity index (χ1v) is 6.70. The third-order valence-electron chi connectivity index (χ3n) is 2.98. The Labute approximate surface area is 106 Å². The van der Waals surface area contributed by atoms with Crippen LogP contribution < -0.4 is 10.6 Å². The van der Waals surface area contributed by atoms with Crippen molar-refractivity contribution in [2.45, 2.75) is 59.4 Å². The first kappa shape index (κ1) is 14.5. The maximum atomic E-state index is 11.6. The van der Waals surface area contributed by atoms with Gasteiger partial charge in [-0.3, -0.25) is 4.79 Å². The smallest absolute Gasteiger partial charge is 0.233 e. The molecule has 0 spiro atoms. The molecular weight excluding hydrogens is 212 g/mol. The Morgan fingerprint density at radius 2 is 1.76 bits per heavy atom. The minimum atomic E-state index is 0.00910. The summed E-state index contributed by atoms with van der Waals surface area (Å²) < 4.78 is 0. The first-order valence-electron chi connectivity index (χ1n) is 6.70. The molecule has 17 heavy (non-hydrogen) atoms. The number of nitrogens with one attached hydrogen (secondary N) is 2. The van der Waals surface area contributed by atoms with Gasteiger partial charge in [0.05, 0.1) is 6.54 Å². The average molecular weight is 240 g/mol. The van der Waals surface area contributed by atoms with Crippen molar-refractivity contribution < 1.29 is 4.79 Å². The van der Waals surface area contributed by atoms with Crippen LogP contribution in [0.2, 0.25) is 0 Å². The van der Waals surface area contributed by atoms with Gasteiger partial charge in [0, 0.05) is 12.1 Å². The fourth-order valence-electron chi connectivity index (χ4n) is 2.35. The van der Waals surface area contributed by atoms with E-state index in [1.165, 1.54) is 12.8 Å². The van der Waals surface area contributed by atoms with Crippen LogP contribution in [0.25, 0.3) is 0 Å². The minimum Gasteiger partial charge on any atom is -0.355 e. The van der Waals surface area contributed by atoms with E-state index in [1.54, 1.807) is 0 Å². The highest BCUT2D eigenvalue weighted by atomic mass is 16.1. The number of hydrogen-bond acceptors (Lipinski definition) is 2. The van der Waals surface area contributed by atoms with Gasteiger partial charge in [0.2, 0.25) is 5.91 Å². The maximum absolute atomic E-state index is 11.6. The summed E-state index contributed by atoms with van der Waals surface area (Å²) >= 11 is 0. The summed E-state index contributed by atoms with van der Waals surface area (Å²) in [5.41, 5.74) is 0.288. The summed E-state index contributed by atoms with van der Waals surface area (Å²) in [5, 5.41) is 6.33. The summed E-state index contributed by atoms with van der Waals surface area (Å²) in [5.74, 6) is 0.875. The molecule has 1 aliphatic carbocycles. The van der Waals surface area contributed by atoms with Crippen LogP contribution in [0.5, 0.6) is 0 Å². The van der Waals surface area contributed by atoms with E-state index in [1.807, 2.05) is 0 Å². The van der Waals surface area contributed by atoms with Crippen LogP contribution in [0.15, 0.2) is 0 Å². The van der Waals surface area contributed by atoms with E-state index in [4.69, 9.17) is 0 Å². The minimum absolute atomic E-state index is 0.00910. The Bertz CT molecular complexity index is 262. The lowest BCUT2D eigenvalue weighted by Crippen LogP contribution is -2.47. The van der Waals surface area contributed by atoms with Gasteiger partial charge < -0.3 is 10.6 Å². The molecule has 0 aliphatic heterocycles. The molecule has 3 heteroatoms. The molecule has 1 rings (SSSR count). The average Bonchev–Trinajstić information content (AvgIpc) is 2.91. The summed E-state index contributed by atoms with van der Waals surface area (Å²) in [6.45, 7) is 12.3. The third-order valence-corrected chi connectivity index (χ3v) is 2.98. The predicted molar refractivity (Wildman–Crippen MR) is 71.9 cm³/mol. The lowest BCUT2D eigenvalue weighted by Gasteiger charge is -2.33. The Balaban J connectivity index is 2.20. The van der Waals surface area contributed by atoms with Crippen molar-refractivity contribution in [1.29, 1.82) is 0 Å². The molecular formula is C14H28N2O. The van der Waals surface area contributed by atoms with Crippen molar-refractivity contribution in [3.8, 4) is 0 Å². The molecule has 0 unspecified atom stereocenters. The van der Waals surface area contributed by atoms with Gasteiger partial charge in [-0.1, -0.05) is 20.8 Å². The molecule has 0 atom stereocenters. The van der Waals surface area contributed by atoms with Crippen molar-refractivity contribution in [3.05, 3.63) is 0 Å². The molecule has 1 saturated carbocycles. The van der Waals surface area contributed by atoms with Crippen LogP contribution in [0.4, 0.5) is 0 Å². The van der Waals surface area contributed by atoms with E-state index in [2.05, 4.69) is 45.3 Å². The van der Waals surface area contributed by atoms with E-state index in [-0.39, 0.29) is 16.9 Å².